The molecule has 3 rings (SSSR count). The number of nitrogens with zero attached hydrogens (tertiary/aromatic N) is 1. The number of benzene rings is 2. The summed E-state index contributed by atoms with van der Waals surface area (Å²) in [6.45, 7) is 3.49. The van der Waals surface area contributed by atoms with Crippen LogP contribution in [0.2, 0.25) is 0 Å². The van der Waals surface area contributed by atoms with Crippen molar-refractivity contribution >= 4 is 18.3 Å². The fraction of sp³-hybridized carbons (Fsp3) is 0.316. The highest BCUT2D eigenvalue weighted by Crippen LogP contribution is 2.21. The Hall–Kier alpha value is -2.11. The zero-order valence-electron chi connectivity index (χ0n) is 13.9. The molecule has 1 aliphatic heterocycles. The molecule has 4 nitrogen and oxygen atoms in total. The third kappa shape index (κ3) is 5.18. The molecule has 0 radical (unpaired) electrons. The van der Waals surface area contributed by atoms with Crippen LogP contribution in [0.25, 0.3) is 0 Å². The van der Waals surface area contributed by atoms with E-state index in [1.54, 1.807) is 24.3 Å². The predicted octanol–water partition coefficient (Wildman–Crippen LogP) is 3.26. The zero-order chi connectivity index (χ0) is 16.8. The van der Waals surface area contributed by atoms with E-state index >= 15 is 0 Å². The summed E-state index contributed by atoms with van der Waals surface area (Å²) < 4.78 is 18.8. The number of halogens is 2. The van der Waals surface area contributed by atoms with E-state index in [0.29, 0.717) is 24.5 Å². The van der Waals surface area contributed by atoms with E-state index in [9.17, 15) is 9.18 Å². The van der Waals surface area contributed by atoms with Crippen LogP contribution in [-0.4, -0.2) is 37.0 Å². The molecule has 0 bridgehead atoms. The Kier molecular flexibility index (Phi) is 7.22. The molecule has 1 fully saturated rings. The SMILES string of the molecule is Cl.O=C(c1ccccc1OCc1ccc(F)cc1)N1CCCNCC1. The number of hydrogen-bond donors (Lipinski definition) is 1. The number of para-hydroxylation sites is 1. The zero-order valence-corrected chi connectivity index (χ0v) is 14.7. The summed E-state index contributed by atoms with van der Waals surface area (Å²) in [6.07, 6.45) is 0.949. The molecule has 0 aliphatic carbocycles. The lowest BCUT2D eigenvalue weighted by molar-refractivity contribution is 0.0761. The number of carbonyl (C=O) groups excluding carboxylic acids is 1. The maximum absolute atomic E-state index is 13.0. The summed E-state index contributed by atoms with van der Waals surface area (Å²) in [5.41, 5.74) is 1.43. The van der Waals surface area contributed by atoms with E-state index in [0.717, 1.165) is 31.6 Å². The van der Waals surface area contributed by atoms with E-state index in [-0.39, 0.29) is 24.1 Å². The van der Waals surface area contributed by atoms with Gasteiger partial charge in [-0.2, -0.15) is 0 Å². The molecule has 1 saturated heterocycles. The molecular formula is C19H22ClFN2O2. The summed E-state index contributed by atoms with van der Waals surface area (Å²) in [4.78, 5) is 14.7. The van der Waals surface area contributed by atoms with Crippen LogP contribution in [-0.2, 0) is 6.61 Å². The second kappa shape index (κ2) is 9.39. The average molecular weight is 365 g/mol. The Morgan fingerprint density at radius 2 is 1.84 bits per heavy atom. The minimum Gasteiger partial charge on any atom is -0.488 e. The number of carbonyl (C=O) groups is 1. The third-order valence-electron chi connectivity index (χ3n) is 4.05. The molecule has 0 aromatic heterocycles. The van der Waals surface area contributed by atoms with Gasteiger partial charge in [0.05, 0.1) is 5.56 Å². The molecule has 6 heteroatoms. The molecule has 25 heavy (non-hydrogen) atoms. The highest BCUT2D eigenvalue weighted by Gasteiger charge is 2.20. The van der Waals surface area contributed by atoms with Gasteiger partial charge in [0.1, 0.15) is 18.2 Å². The van der Waals surface area contributed by atoms with Gasteiger partial charge in [-0.1, -0.05) is 24.3 Å². The first-order valence-electron chi connectivity index (χ1n) is 8.20. The molecule has 0 atom stereocenters. The smallest absolute Gasteiger partial charge is 0.257 e. The van der Waals surface area contributed by atoms with Crippen molar-refractivity contribution in [3.05, 3.63) is 65.5 Å². The minimum atomic E-state index is -0.274. The Bertz CT molecular complexity index is 686. The van der Waals surface area contributed by atoms with Crippen molar-refractivity contribution in [1.82, 2.24) is 10.2 Å². The van der Waals surface area contributed by atoms with Gasteiger partial charge in [-0.15, -0.1) is 12.4 Å². The lowest BCUT2D eigenvalue weighted by Gasteiger charge is -2.21. The van der Waals surface area contributed by atoms with E-state index in [1.807, 2.05) is 17.0 Å². The molecule has 0 unspecified atom stereocenters. The molecule has 134 valence electrons. The molecular weight excluding hydrogens is 343 g/mol. The van der Waals surface area contributed by atoms with Crippen molar-refractivity contribution in [2.24, 2.45) is 0 Å². The van der Waals surface area contributed by atoms with Crippen LogP contribution in [0.15, 0.2) is 48.5 Å². The van der Waals surface area contributed by atoms with Crippen molar-refractivity contribution in [1.29, 1.82) is 0 Å². The van der Waals surface area contributed by atoms with Crippen LogP contribution >= 0.6 is 12.4 Å². The topological polar surface area (TPSA) is 41.6 Å². The van der Waals surface area contributed by atoms with Crippen LogP contribution in [0.4, 0.5) is 4.39 Å². The monoisotopic (exact) mass is 364 g/mol. The van der Waals surface area contributed by atoms with Crippen molar-refractivity contribution < 1.29 is 13.9 Å². The second-order valence-corrected chi connectivity index (χ2v) is 5.81. The van der Waals surface area contributed by atoms with Gasteiger partial charge >= 0.3 is 0 Å². The molecule has 1 heterocycles. The fourth-order valence-corrected chi connectivity index (χ4v) is 2.73. The van der Waals surface area contributed by atoms with Crippen molar-refractivity contribution in [3.63, 3.8) is 0 Å². The highest BCUT2D eigenvalue weighted by molar-refractivity contribution is 5.97. The van der Waals surface area contributed by atoms with Gasteiger partial charge in [0.2, 0.25) is 0 Å². The molecule has 0 saturated carbocycles. The first kappa shape index (κ1) is 19.2. The molecule has 1 aliphatic rings. The Labute approximate surface area is 153 Å². The Balaban J connectivity index is 0.00000225. The van der Waals surface area contributed by atoms with E-state index in [1.165, 1.54) is 12.1 Å². The van der Waals surface area contributed by atoms with Crippen LogP contribution in [0.5, 0.6) is 5.75 Å². The van der Waals surface area contributed by atoms with Gasteiger partial charge in [0.15, 0.2) is 0 Å². The fourth-order valence-electron chi connectivity index (χ4n) is 2.73. The Morgan fingerprint density at radius 1 is 1.08 bits per heavy atom. The Morgan fingerprint density at radius 3 is 2.64 bits per heavy atom. The maximum atomic E-state index is 13.0. The van der Waals surface area contributed by atoms with Gasteiger partial charge in [-0.25, -0.2) is 4.39 Å². The summed E-state index contributed by atoms with van der Waals surface area (Å²) >= 11 is 0. The van der Waals surface area contributed by atoms with Gasteiger partial charge < -0.3 is 15.0 Å². The molecule has 2 aromatic rings. The maximum Gasteiger partial charge on any atom is 0.257 e. The summed E-state index contributed by atoms with van der Waals surface area (Å²) in [5, 5.41) is 3.29. The van der Waals surface area contributed by atoms with Crippen LogP contribution in [0.3, 0.4) is 0 Å². The van der Waals surface area contributed by atoms with Crippen LogP contribution < -0.4 is 10.1 Å². The minimum absolute atomic E-state index is 0. The van der Waals surface area contributed by atoms with Crippen molar-refractivity contribution in [3.8, 4) is 5.75 Å². The van der Waals surface area contributed by atoms with Crippen molar-refractivity contribution in [2.45, 2.75) is 13.0 Å². The number of nitrogens with one attached hydrogen (secondary N) is 1. The summed E-state index contributed by atoms with van der Waals surface area (Å²) in [6, 6.07) is 13.4. The van der Waals surface area contributed by atoms with Crippen molar-refractivity contribution in [2.75, 3.05) is 26.2 Å². The lowest BCUT2D eigenvalue weighted by Crippen LogP contribution is -2.34. The normalized spacial score (nSPS) is 14.4. The van der Waals surface area contributed by atoms with Gasteiger partial charge in [0, 0.05) is 19.6 Å². The molecule has 2 aromatic carbocycles. The van der Waals surface area contributed by atoms with E-state index in [2.05, 4.69) is 5.32 Å². The van der Waals surface area contributed by atoms with Gasteiger partial charge in [-0.3, -0.25) is 4.79 Å². The number of rotatable bonds is 4. The predicted molar refractivity (Wildman–Crippen MR) is 97.8 cm³/mol. The number of ether oxygens (including phenoxy) is 1. The van der Waals surface area contributed by atoms with Gasteiger partial charge in [0.25, 0.3) is 5.91 Å². The first-order chi connectivity index (χ1) is 11.7. The molecule has 1 N–H and O–H groups in total. The summed E-state index contributed by atoms with van der Waals surface area (Å²) in [5.74, 6) is 0.279. The van der Waals surface area contributed by atoms with Crippen LogP contribution in [0, 0.1) is 5.82 Å². The van der Waals surface area contributed by atoms with Crippen LogP contribution in [0.1, 0.15) is 22.3 Å². The number of hydrogen-bond acceptors (Lipinski definition) is 3. The second-order valence-electron chi connectivity index (χ2n) is 5.81. The quantitative estimate of drug-likeness (QED) is 0.905. The standard InChI is InChI=1S/C19H21FN2O2.ClH/c20-16-8-6-15(7-9-16)14-24-18-5-2-1-4-17(18)19(23)22-12-3-10-21-11-13-22;/h1-2,4-9,21H,3,10-14H2;1H. The highest BCUT2D eigenvalue weighted by atomic mass is 35.5. The summed E-state index contributed by atoms with van der Waals surface area (Å²) in [7, 11) is 0. The third-order valence-corrected chi connectivity index (χ3v) is 4.05. The first-order valence-corrected chi connectivity index (χ1v) is 8.20. The van der Waals surface area contributed by atoms with E-state index in [4.69, 9.17) is 4.74 Å². The molecule has 0 spiro atoms. The lowest BCUT2D eigenvalue weighted by atomic mass is 10.1. The van der Waals surface area contributed by atoms with Gasteiger partial charge in [-0.05, 0) is 42.8 Å². The molecule has 1 amide bonds. The van der Waals surface area contributed by atoms with E-state index < -0.39 is 0 Å². The largest absolute Gasteiger partial charge is 0.488 e. The number of amides is 1. The average Bonchev–Trinajstić information content (AvgIpc) is 2.90.